The van der Waals surface area contributed by atoms with Crippen molar-refractivity contribution in [3.8, 4) is 0 Å². The molecule has 302 valence electrons. The zero-order chi connectivity index (χ0) is 38.3. The molecule has 2 saturated heterocycles. The van der Waals surface area contributed by atoms with E-state index in [1.807, 2.05) is 18.2 Å². The van der Waals surface area contributed by atoms with Gasteiger partial charge in [-0.25, -0.2) is 4.79 Å². The molecule has 1 amide bonds. The van der Waals surface area contributed by atoms with Crippen LogP contribution in [0.1, 0.15) is 160 Å². The number of esters is 1. The number of carbonyl (C=O) groups excluding carboxylic acids is 2. The first-order valence-electron chi connectivity index (χ1n) is 20.8. The van der Waals surface area contributed by atoms with Crippen molar-refractivity contribution in [2.45, 2.75) is 198 Å². The van der Waals surface area contributed by atoms with E-state index in [1.165, 1.54) is 64.2 Å². The third-order valence-electron chi connectivity index (χ3n) is 10.1. The number of aliphatic hydroxyl groups is 2. The number of aliphatic hydroxyl groups excluding tert-OH is 2. The molecule has 1 aromatic carbocycles. The lowest BCUT2D eigenvalue weighted by molar-refractivity contribution is -0.284. The average molecular weight is 746 g/mol. The van der Waals surface area contributed by atoms with Crippen LogP contribution in [0.15, 0.2) is 42.5 Å². The van der Waals surface area contributed by atoms with Gasteiger partial charge in [0.1, 0.15) is 30.5 Å². The maximum Gasteiger partial charge on any atom is 0.338 e. The molecule has 2 aliphatic rings. The molecule has 7 atom stereocenters. The Morgan fingerprint density at radius 2 is 1.40 bits per heavy atom. The lowest BCUT2D eigenvalue weighted by Crippen LogP contribution is -2.59. The summed E-state index contributed by atoms with van der Waals surface area (Å²) in [5.74, 6) is -1.64. The second kappa shape index (κ2) is 25.7. The van der Waals surface area contributed by atoms with Crippen LogP contribution in [0.2, 0.25) is 0 Å². The standard InChI is InChI=1S/C43H71NO9/c1-5-7-9-11-13-14-15-16-17-18-19-21-26-30-37(46)44-34(32-49-42-38(47)40-39(36(31-45)51-42)52-43(3,4)53-40)35(29-25-20-12-10-8-6-2)50-41(48)33-27-23-22-24-28-33/h22-25,27-29,34-36,38-40,42,45,47H,5-21,26,30-32H2,1-4H3,(H,44,46)/t34-,35+,36+,38+,39-,40+,42+/m0/s1. The SMILES string of the molecule is CCCCCCC=C[C@@H](OC(=O)c1ccccc1)[C@H](CO[C@@H]1O[C@H](CO)[C@@H]2OC(C)(C)O[C@@H]2[C@H]1O)NC(=O)CCCCCCCCCCCCCCC. The highest BCUT2D eigenvalue weighted by Crippen LogP contribution is 2.37. The third kappa shape index (κ3) is 16.9. The Morgan fingerprint density at radius 1 is 0.830 bits per heavy atom. The number of ether oxygens (including phenoxy) is 5. The van der Waals surface area contributed by atoms with E-state index in [0.29, 0.717) is 12.0 Å². The van der Waals surface area contributed by atoms with E-state index in [1.54, 1.807) is 38.1 Å². The predicted octanol–water partition coefficient (Wildman–Crippen LogP) is 8.32. The Hall–Kier alpha value is -2.34. The molecule has 3 rings (SSSR count). The first kappa shape index (κ1) is 45.1. The van der Waals surface area contributed by atoms with Gasteiger partial charge in [-0.1, -0.05) is 134 Å². The van der Waals surface area contributed by atoms with Crippen LogP contribution >= 0.6 is 0 Å². The molecule has 0 unspecified atom stereocenters. The fraction of sp³-hybridized carbons (Fsp3) is 0.767. The van der Waals surface area contributed by atoms with Crippen LogP contribution in [0.25, 0.3) is 0 Å². The number of amides is 1. The maximum absolute atomic E-state index is 13.4. The van der Waals surface area contributed by atoms with Crippen molar-refractivity contribution in [3.05, 3.63) is 48.0 Å². The number of fused-ring (bicyclic) bond motifs is 1. The predicted molar refractivity (Wildman–Crippen MR) is 207 cm³/mol. The summed E-state index contributed by atoms with van der Waals surface area (Å²) in [6.07, 6.45) is 19.8. The summed E-state index contributed by atoms with van der Waals surface area (Å²) < 4.78 is 30.0. The van der Waals surface area contributed by atoms with Gasteiger partial charge in [0.25, 0.3) is 0 Å². The Balaban J connectivity index is 1.62. The molecular weight excluding hydrogens is 674 g/mol. The van der Waals surface area contributed by atoms with Crippen molar-refractivity contribution in [2.75, 3.05) is 13.2 Å². The van der Waals surface area contributed by atoms with E-state index < -0.39 is 54.6 Å². The van der Waals surface area contributed by atoms with Crippen molar-refractivity contribution >= 4 is 11.9 Å². The Bertz CT molecular complexity index is 1160. The average Bonchev–Trinajstić information content (AvgIpc) is 3.49. The first-order valence-corrected chi connectivity index (χ1v) is 20.8. The van der Waals surface area contributed by atoms with Gasteiger partial charge in [0.15, 0.2) is 12.1 Å². The van der Waals surface area contributed by atoms with E-state index in [0.717, 1.165) is 51.4 Å². The molecule has 0 aliphatic carbocycles. The molecule has 1 aromatic rings. The zero-order valence-corrected chi connectivity index (χ0v) is 33.2. The van der Waals surface area contributed by atoms with Gasteiger partial charge in [-0.15, -0.1) is 0 Å². The molecule has 0 saturated carbocycles. The van der Waals surface area contributed by atoms with E-state index in [-0.39, 0.29) is 19.1 Å². The van der Waals surface area contributed by atoms with Crippen molar-refractivity contribution in [2.24, 2.45) is 0 Å². The second-order valence-electron chi connectivity index (χ2n) is 15.3. The molecule has 3 N–H and O–H groups in total. The number of unbranched alkanes of at least 4 members (excludes halogenated alkanes) is 16. The number of rotatable bonds is 28. The van der Waals surface area contributed by atoms with Crippen LogP contribution < -0.4 is 5.32 Å². The van der Waals surface area contributed by atoms with Crippen LogP contribution in [-0.2, 0) is 28.5 Å². The number of benzene rings is 1. The molecule has 0 bridgehead atoms. The summed E-state index contributed by atoms with van der Waals surface area (Å²) in [6, 6.07) is 7.98. The van der Waals surface area contributed by atoms with Crippen molar-refractivity contribution in [1.82, 2.24) is 5.32 Å². The minimum atomic E-state index is -1.22. The summed E-state index contributed by atoms with van der Waals surface area (Å²) in [7, 11) is 0. The van der Waals surface area contributed by atoms with Gasteiger partial charge in [-0.2, -0.15) is 0 Å². The van der Waals surface area contributed by atoms with Crippen molar-refractivity contribution < 1.29 is 43.5 Å². The quantitative estimate of drug-likeness (QED) is 0.0440. The topological polar surface area (TPSA) is 133 Å². The highest BCUT2D eigenvalue weighted by Gasteiger charge is 2.55. The molecule has 2 aliphatic heterocycles. The van der Waals surface area contributed by atoms with Crippen molar-refractivity contribution in [1.29, 1.82) is 0 Å². The van der Waals surface area contributed by atoms with Gasteiger partial charge < -0.3 is 39.2 Å². The van der Waals surface area contributed by atoms with E-state index in [9.17, 15) is 19.8 Å². The Labute approximate surface area is 319 Å². The molecule has 2 heterocycles. The smallest absolute Gasteiger partial charge is 0.338 e. The molecule has 10 heteroatoms. The highest BCUT2D eigenvalue weighted by atomic mass is 16.8. The van der Waals surface area contributed by atoms with E-state index in [2.05, 4.69) is 19.2 Å². The fourth-order valence-electron chi connectivity index (χ4n) is 7.08. The number of allylic oxidation sites excluding steroid dienone is 1. The largest absolute Gasteiger partial charge is 0.452 e. The highest BCUT2D eigenvalue weighted by molar-refractivity contribution is 5.89. The summed E-state index contributed by atoms with van der Waals surface area (Å²) in [5, 5.41) is 24.4. The zero-order valence-electron chi connectivity index (χ0n) is 33.2. The molecule has 0 aromatic heterocycles. The van der Waals surface area contributed by atoms with Gasteiger partial charge in [0.2, 0.25) is 5.91 Å². The molecule has 0 spiro atoms. The number of hydrogen-bond acceptors (Lipinski definition) is 9. The van der Waals surface area contributed by atoms with Crippen LogP contribution in [0, 0.1) is 0 Å². The van der Waals surface area contributed by atoms with Gasteiger partial charge in [-0.05, 0) is 51.3 Å². The molecule has 0 radical (unpaired) electrons. The Morgan fingerprint density at radius 3 is 2.00 bits per heavy atom. The van der Waals surface area contributed by atoms with Crippen LogP contribution in [0.5, 0.6) is 0 Å². The minimum absolute atomic E-state index is 0.126. The van der Waals surface area contributed by atoms with E-state index in [4.69, 9.17) is 23.7 Å². The lowest BCUT2D eigenvalue weighted by atomic mass is 9.99. The van der Waals surface area contributed by atoms with Gasteiger partial charge in [-0.3, -0.25) is 4.79 Å². The second-order valence-corrected chi connectivity index (χ2v) is 15.3. The molecule has 2 fully saturated rings. The fourth-order valence-corrected chi connectivity index (χ4v) is 7.08. The molecule has 53 heavy (non-hydrogen) atoms. The monoisotopic (exact) mass is 746 g/mol. The van der Waals surface area contributed by atoms with Gasteiger partial charge >= 0.3 is 5.97 Å². The molecule has 10 nitrogen and oxygen atoms in total. The van der Waals surface area contributed by atoms with E-state index >= 15 is 0 Å². The molecular formula is C43H71NO9. The third-order valence-corrected chi connectivity index (χ3v) is 10.1. The summed E-state index contributed by atoms with van der Waals surface area (Å²) >= 11 is 0. The van der Waals surface area contributed by atoms with Gasteiger partial charge in [0.05, 0.1) is 24.8 Å². The first-order chi connectivity index (χ1) is 25.7. The van der Waals surface area contributed by atoms with Crippen molar-refractivity contribution in [3.63, 3.8) is 0 Å². The number of hydrogen-bond donors (Lipinski definition) is 3. The summed E-state index contributed by atoms with van der Waals surface area (Å²) in [4.78, 5) is 26.7. The van der Waals surface area contributed by atoms with Crippen LogP contribution in [-0.4, -0.2) is 83.9 Å². The minimum Gasteiger partial charge on any atom is -0.452 e. The van der Waals surface area contributed by atoms with Crippen LogP contribution in [0.4, 0.5) is 0 Å². The summed E-state index contributed by atoms with van der Waals surface area (Å²) in [5.41, 5.74) is 0.399. The maximum atomic E-state index is 13.4. The van der Waals surface area contributed by atoms with Crippen LogP contribution in [0.3, 0.4) is 0 Å². The number of carbonyl (C=O) groups is 2. The Kier molecular flexibility index (Phi) is 21.8. The summed E-state index contributed by atoms with van der Waals surface area (Å²) in [6.45, 7) is 7.42. The lowest BCUT2D eigenvalue weighted by Gasteiger charge is -2.39. The number of nitrogens with one attached hydrogen (secondary N) is 1. The normalized spacial score (nSPS) is 23.5. The van der Waals surface area contributed by atoms with Gasteiger partial charge in [0, 0.05) is 6.42 Å².